The van der Waals surface area contributed by atoms with E-state index in [0.717, 1.165) is 27.6 Å². The maximum Gasteiger partial charge on any atom is 0.251 e. The Kier molecular flexibility index (Phi) is 4.72. The molecule has 2 aromatic carbocycles. The van der Waals surface area contributed by atoms with Crippen LogP contribution in [0.15, 0.2) is 54.9 Å². The van der Waals surface area contributed by atoms with Crippen molar-refractivity contribution in [1.29, 1.82) is 0 Å². The Morgan fingerprint density at radius 1 is 1.14 bits per heavy atom. The molecule has 112 valence electrons. The highest BCUT2D eigenvalue weighted by Crippen LogP contribution is 2.12. The second-order valence-electron chi connectivity index (χ2n) is 5.04. The largest absolute Gasteiger partial charge is 0.352 e. The van der Waals surface area contributed by atoms with Gasteiger partial charge >= 0.3 is 0 Å². The number of carbonyl (C=O) groups is 1. The van der Waals surface area contributed by atoms with Crippen LogP contribution in [0.4, 0.5) is 0 Å². The number of benzene rings is 2. The van der Waals surface area contributed by atoms with Crippen LogP contribution >= 0.6 is 22.6 Å². The molecule has 0 atom stereocenters. The smallest absolute Gasteiger partial charge is 0.251 e. The van der Waals surface area contributed by atoms with Crippen LogP contribution in [0.25, 0.3) is 11.0 Å². The van der Waals surface area contributed by atoms with Gasteiger partial charge in [0.05, 0.1) is 17.4 Å². The molecule has 0 fully saturated rings. The van der Waals surface area contributed by atoms with Crippen molar-refractivity contribution in [2.45, 2.75) is 13.0 Å². The van der Waals surface area contributed by atoms with Crippen LogP contribution in [0, 0.1) is 3.57 Å². The first-order valence-corrected chi connectivity index (χ1v) is 8.25. The van der Waals surface area contributed by atoms with Crippen molar-refractivity contribution >= 4 is 39.5 Å². The van der Waals surface area contributed by atoms with Gasteiger partial charge < -0.3 is 9.88 Å². The molecular weight excluding hydrogens is 389 g/mol. The molecule has 1 aromatic heterocycles. The van der Waals surface area contributed by atoms with Crippen LogP contribution in [-0.4, -0.2) is 22.0 Å². The predicted octanol–water partition coefficient (Wildman–Crippen LogP) is 3.46. The van der Waals surface area contributed by atoms with E-state index in [4.69, 9.17) is 0 Å². The van der Waals surface area contributed by atoms with E-state index in [-0.39, 0.29) is 5.91 Å². The van der Waals surface area contributed by atoms with Gasteiger partial charge in [0, 0.05) is 22.2 Å². The fraction of sp³-hybridized carbons (Fsp3) is 0.176. The molecule has 0 aliphatic rings. The molecule has 5 heteroatoms. The molecule has 0 unspecified atom stereocenters. The molecule has 4 nitrogen and oxygen atoms in total. The molecule has 0 aliphatic carbocycles. The van der Waals surface area contributed by atoms with Crippen molar-refractivity contribution in [1.82, 2.24) is 14.9 Å². The summed E-state index contributed by atoms with van der Waals surface area (Å²) in [6, 6.07) is 15.6. The summed E-state index contributed by atoms with van der Waals surface area (Å²) in [6.45, 7) is 1.49. The minimum Gasteiger partial charge on any atom is -0.352 e. The third-order valence-corrected chi connectivity index (χ3v) is 4.21. The highest BCUT2D eigenvalue weighted by Gasteiger charge is 2.05. The average Bonchev–Trinajstić information content (AvgIpc) is 2.95. The number of amides is 1. The molecule has 22 heavy (non-hydrogen) atoms. The average molecular weight is 405 g/mol. The molecule has 0 saturated heterocycles. The molecule has 0 saturated carbocycles. The topological polar surface area (TPSA) is 46.9 Å². The lowest BCUT2D eigenvalue weighted by Crippen LogP contribution is -2.25. The van der Waals surface area contributed by atoms with Crippen LogP contribution in [0.2, 0.25) is 0 Å². The van der Waals surface area contributed by atoms with E-state index in [0.29, 0.717) is 12.1 Å². The van der Waals surface area contributed by atoms with E-state index in [1.54, 1.807) is 0 Å². The van der Waals surface area contributed by atoms with Crippen molar-refractivity contribution in [3.8, 4) is 0 Å². The lowest BCUT2D eigenvalue weighted by atomic mass is 10.2. The molecule has 0 radical (unpaired) electrons. The second-order valence-corrected chi connectivity index (χ2v) is 6.29. The first-order valence-electron chi connectivity index (χ1n) is 7.18. The number of carbonyl (C=O) groups excluding carboxylic acids is 1. The number of aromatic nitrogens is 2. The lowest BCUT2D eigenvalue weighted by molar-refractivity contribution is 0.0953. The molecule has 3 rings (SSSR count). The third kappa shape index (κ3) is 3.47. The minimum atomic E-state index is -0.0214. The van der Waals surface area contributed by atoms with E-state index in [1.807, 2.05) is 48.8 Å². The normalized spacial score (nSPS) is 10.8. The number of hydrogen-bond acceptors (Lipinski definition) is 2. The van der Waals surface area contributed by atoms with Gasteiger partial charge in [-0.05, 0) is 65.4 Å². The molecule has 0 aliphatic heterocycles. The molecule has 3 aromatic rings. The highest BCUT2D eigenvalue weighted by molar-refractivity contribution is 14.1. The number of hydrogen-bond donors (Lipinski definition) is 1. The van der Waals surface area contributed by atoms with Gasteiger partial charge in [-0.1, -0.05) is 12.1 Å². The van der Waals surface area contributed by atoms with E-state index < -0.39 is 0 Å². The second kappa shape index (κ2) is 6.91. The lowest BCUT2D eigenvalue weighted by Gasteiger charge is -2.07. The van der Waals surface area contributed by atoms with E-state index in [9.17, 15) is 4.79 Å². The fourth-order valence-corrected chi connectivity index (χ4v) is 2.70. The zero-order valence-electron chi connectivity index (χ0n) is 12.0. The first kappa shape index (κ1) is 15.0. The monoisotopic (exact) mass is 405 g/mol. The van der Waals surface area contributed by atoms with Crippen molar-refractivity contribution in [3.63, 3.8) is 0 Å². The Morgan fingerprint density at radius 3 is 2.73 bits per heavy atom. The minimum absolute atomic E-state index is 0.0214. The summed E-state index contributed by atoms with van der Waals surface area (Å²) in [4.78, 5) is 16.4. The van der Waals surface area contributed by atoms with Crippen molar-refractivity contribution in [2.75, 3.05) is 6.54 Å². The summed E-state index contributed by atoms with van der Waals surface area (Å²) in [5, 5.41) is 2.95. The Hall–Kier alpha value is -1.89. The Labute approximate surface area is 142 Å². The van der Waals surface area contributed by atoms with Crippen LogP contribution in [-0.2, 0) is 6.54 Å². The molecule has 1 amide bonds. The summed E-state index contributed by atoms with van der Waals surface area (Å²) < 4.78 is 3.24. The zero-order valence-corrected chi connectivity index (χ0v) is 14.2. The number of fused-ring (bicyclic) bond motifs is 1. The van der Waals surface area contributed by atoms with Gasteiger partial charge in [-0.2, -0.15) is 0 Å². The summed E-state index contributed by atoms with van der Waals surface area (Å²) >= 11 is 2.23. The SMILES string of the molecule is O=C(NCCCn1cnc2ccccc21)c1ccc(I)cc1. The molecule has 1 N–H and O–H groups in total. The number of halogens is 1. The third-order valence-electron chi connectivity index (χ3n) is 3.50. The summed E-state index contributed by atoms with van der Waals surface area (Å²) in [5.74, 6) is -0.0214. The van der Waals surface area contributed by atoms with E-state index >= 15 is 0 Å². The fourth-order valence-electron chi connectivity index (χ4n) is 2.34. The van der Waals surface area contributed by atoms with Gasteiger partial charge in [0.1, 0.15) is 0 Å². The van der Waals surface area contributed by atoms with Crippen LogP contribution in [0.3, 0.4) is 0 Å². The number of aryl methyl sites for hydroxylation is 1. The molecule has 1 heterocycles. The predicted molar refractivity (Wildman–Crippen MR) is 95.8 cm³/mol. The van der Waals surface area contributed by atoms with Crippen molar-refractivity contribution < 1.29 is 4.79 Å². The Balaban J connectivity index is 1.51. The number of rotatable bonds is 5. The van der Waals surface area contributed by atoms with Crippen molar-refractivity contribution in [2.24, 2.45) is 0 Å². The maximum absolute atomic E-state index is 12.0. The van der Waals surface area contributed by atoms with Gasteiger partial charge in [-0.15, -0.1) is 0 Å². The number of nitrogens with one attached hydrogen (secondary N) is 1. The van der Waals surface area contributed by atoms with Crippen LogP contribution in [0.5, 0.6) is 0 Å². The van der Waals surface area contributed by atoms with Gasteiger partial charge in [-0.3, -0.25) is 4.79 Å². The summed E-state index contributed by atoms with van der Waals surface area (Å²) in [5.41, 5.74) is 2.84. The van der Waals surface area contributed by atoms with Gasteiger partial charge in [-0.25, -0.2) is 4.98 Å². The van der Waals surface area contributed by atoms with E-state index in [2.05, 4.69) is 43.5 Å². The van der Waals surface area contributed by atoms with Crippen molar-refractivity contribution in [3.05, 3.63) is 64.0 Å². The zero-order chi connectivity index (χ0) is 15.4. The molecular formula is C17H16IN3O. The van der Waals surface area contributed by atoms with Gasteiger partial charge in [0.25, 0.3) is 5.91 Å². The molecule has 0 bridgehead atoms. The standard InChI is InChI=1S/C17H16IN3O/c18-14-8-6-13(7-9-14)17(22)19-10-3-11-21-12-20-15-4-1-2-5-16(15)21/h1-2,4-9,12H,3,10-11H2,(H,19,22). The number of imidazole rings is 1. The van der Waals surface area contributed by atoms with Crippen LogP contribution < -0.4 is 5.32 Å². The first-order chi connectivity index (χ1) is 10.7. The maximum atomic E-state index is 12.0. The number of nitrogens with zero attached hydrogens (tertiary/aromatic N) is 2. The summed E-state index contributed by atoms with van der Waals surface area (Å²) in [6.07, 6.45) is 2.72. The highest BCUT2D eigenvalue weighted by atomic mass is 127. The Morgan fingerprint density at radius 2 is 1.91 bits per heavy atom. The number of para-hydroxylation sites is 2. The molecule has 0 spiro atoms. The summed E-state index contributed by atoms with van der Waals surface area (Å²) in [7, 11) is 0. The quantitative estimate of drug-likeness (QED) is 0.522. The van der Waals surface area contributed by atoms with E-state index in [1.165, 1.54) is 0 Å². The van der Waals surface area contributed by atoms with Gasteiger partial charge in [0.15, 0.2) is 0 Å². The van der Waals surface area contributed by atoms with Crippen LogP contribution in [0.1, 0.15) is 16.8 Å². The Bertz CT molecular complexity index is 780. The van der Waals surface area contributed by atoms with Gasteiger partial charge in [0.2, 0.25) is 0 Å².